The van der Waals surface area contributed by atoms with Crippen LogP contribution in [0.3, 0.4) is 0 Å². The van der Waals surface area contributed by atoms with E-state index in [0.29, 0.717) is 0 Å². The van der Waals surface area contributed by atoms with Crippen LogP contribution >= 0.6 is 0 Å². The third kappa shape index (κ3) is 8.19. The fourth-order valence-corrected chi connectivity index (χ4v) is 2.89. The van der Waals surface area contributed by atoms with Crippen LogP contribution < -0.4 is 16.4 Å². The number of carbonyl (C=O) groups is 3. The number of nitrogens with two attached hydrogens (primary N) is 1. The van der Waals surface area contributed by atoms with Gasteiger partial charge in [0.25, 0.3) is 0 Å². The number of hydrogen-bond acceptors (Lipinski definition) is 5. The van der Waals surface area contributed by atoms with Gasteiger partial charge < -0.3 is 21.1 Å². The maximum Gasteiger partial charge on any atom is 0.408 e. The number of nitrogens with one attached hydrogen (secondary N) is 2. The number of ether oxygens (including phenoxy) is 1. The zero-order valence-corrected chi connectivity index (χ0v) is 17.3. The van der Waals surface area contributed by atoms with Gasteiger partial charge in [-0.15, -0.1) is 0 Å². The van der Waals surface area contributed by atoms with E-state index in [-0.39, 0.29) is 19.4 Å². The standard InChI is InChI=1S/C23H26N4O4/c1-16(14-24)12-19(21(25)28)26-22(29)20(13-17-8-4-2-5-9-17)27-23(30)31-15-18-10-6-3-7-11-18/h2-11,16,19-20H,12-13,15H2,1H3,(H2,25,28)(H,26,29)(H,27,30)/t16-,19+,20+/m1/s1. The third-order valence-electron chi connectivity index (χ3n) is 4.57. The van der Waals surface area contributed by atoms with Crippen LogP contribution in [0.4, 0.5) is 4.79 Å². The average molecular weight is 422 g/mol. The Kier molecular flexibility index (Phi) is 9.05. The first-order chi connectivity index (χ1) is 14.9. The molecule has 0 unspecified atom stereocenters. The van der Waals surface area contributed by atoms with Crippen LogP contribution in [0.1, 0.15) is 24.5 Å². The first-order valence-electron chi connectivity index (χ1n) is 9.89. The smallest absolute Gasteiger partial charge is 0.408 e. The molecule has 0 spiro atoms. The average Bonchev–Trinajstić information content (AvgIpc) is 2.78. The molecule has 0 heterocycles. The lowest BCUT2D eigenvalue weighted by Crippen LogP contribution is -2.54. The molecule has 4 N–H and O–H groups in total. The summed E-state index contributed by atoms with van der Waals surface area (Å²) in [6, 6.07) is 18.2. The van der Waals surface area contributed by atoms with Crippen LogP contribution in [-0.4, -0.2) is 30.0 Å². The van der Waals surface area contributed by atoms with Gasteiger partial charge in [0.15, 0.2) is 0 Å². The molecular formula is C23H26N4O4. The minimum absolute atomic E-state index is 0.0515. The fraction of sp³-hybridized carbons (Fsp3) is 0.304. The van der Waals surface area contributed by atoms with E-state index in [1.54, 1.807) is 6.92 Å². The van der Waals surface area contributed by atoms with Crippen molar-refractivity contribution in [2.75, 3.05) is 0 Å². The Bertz CT molecular complexity index is 912. The molecular weight excluding hydrogens is 396 g/mol. The van der Waals surface area contributed by atoms with Crippen molar-refractivity contribution >= 4 is 17.9 Å². The Morgan fingerprint density at radius 3 is 2.10 bits per heavy atom. The topological polar surface area (TPSA) is 134 Å². The van der Waals surface area contributed by atoms with Crippen molar-refractivity contribution in [3.8, 4) is 6.07 Å². The van der Waals surface area contributed by atoms with E-state index in [1.807, 2.05) is 66.7 Å². The summed E-state index contributed by atoms with van der Waals surface area (Å²) in [5, 5.41) is 14.1. The van der Waals surface area contributed by atoms with Gasteiger partial charge >= 0.3 is 6.09 Å². The van der Waals surface area contributed by atoms with Gasteiger partial charge in [-0.3, -0.25) is 9.59 Å². The number of nitriles is 1. The Labute approximate surface area is 181 Å². The van der Waals surface area contributed by atoms with Crippen LogP contribution in [0, 0.1) is 17.2 Å². The molecule has 0 radical (unpaired) electrons. The second-order valence-corrected chi connectivity index (χ2v) is 7.18. The van der Waals surface area contributed by atoms with E-state index in [2.05, 4.69) is 10.6 Å². The molecule has 0 saturated carbocycles. The minimum atomic E-state index is -1.03. The third-order valence-corrected chi connectivity index (χ3v) is 4.57. The fourth-order valence-electron chi connectivity index (χ4n) is 2.89. The zero-order chi connectivity index (χ0) is 22.6. The van der Waals surface area contributed by atoms with Gasteiger partial charge in [0.2, 0.25) is 11.8 Å². The summed E-state index contributed by atoms with van der Waals surface area (Å²) in [5.41, 5.74) is 7.00. The first kappa shape index (κ1) is 23.4. The molecule has 0 saturated heterocycles. The number of benzene rings is 2. The summed E-state index contributed by atoms with van der Waals surface area (Å²) >= 11 is 0. The molecule has 31 heavy (non-hydrogen) atoms. The van der Waals surface area contributed by atoms with Gasteiger partial charge in [-0.2, -0.15) is 5.26 Å². The van der Waals surface area contributed by atoms with Crippen LogP contribution in [0.2, 0.25) is 0 Å². The van der Waals surface area contributed by atoms with Crippen LogP contribution in [-0.2, 0) is 27.4 Å². The van der Waals surface area contributed by atoms with Crippen LogP contribution in [0.15, 0.2) is 60.7 Å². The van der Waals surface area contributed by atoms with Crippen LogP contribution in [0.5, 0.6) is 0 Å². The maximum atomic E-state index is 12.9. The van der Waals surface area contributed by atoms with E-state index >= 15 is 0 Å². The summed E-state index contributed by atoms with van der Waals surface area (Å²) in [4.78, 5) is 36.9. The molecule has 0 aliphatic rings. The largest absolute Gasteiger partial charge is 0.445 e. The van der Waals surface area contributed by atoms with Crippen molar-refractivity contribution in [2.24, 2.45) is 11.7 Å². The highest BCUT2D eigenvalue weighted by atomic mass is 16.5. The van der Waals surface area contributed by atoms with E-state index in [0.717, 1.165) is 11.1 Å². The second kappa shape index (κ2) is 12.0. The minimum Gasteiger partial charge on any atom is -0.445 e. The molecule has 0 fully saturated rings. The Hall–Kier alpha value is -3.86. The highest BCUT2D eigenvalue weighted by molar-refractivity contribution is 5.90. The molecule has 8 nitrogen and oxygen atoms in total. The summed E-state index contributed by atoms with van der Waals surface area (Å²) in [5.74, 6) is -1.82. The molecule has 8 heteroatoms. The van der Waals surface area contributed by atoms with Crippen LogP contribution in [0.25, 0.3) is 0 Å². The van der Waals surface area contributed by atoms with Gasteiger partial charge in [-0.05, 0) is 24.5 Å². The Morgan fingerprint density at radius 2 is 1.55 bits per heavy atom. The highest BCUT2D eigenvalue weighted by Gasteiger charge is 2.27. The van der Waals surface area contributed by atoms with Crippen molar-refractivity contribution in [1.29, 1.82) is 5.26 Å². The van der Waals surface area contributed by atoms with Gasteiger partial charge in [-0.25, -0.2) is 4.79 Å². The quantitative estimate of drug-likeness (QED) is 0.539. The molecule has 162 valence electrons. The van der Waals surface area contributed by atoms with Crippen molar-refractivity contribution in [3.63, 3.8) is 0 Å². The van der Waals surface area contributed by atoms with Gasteiger partial charge in [0.05, 0.1) is 6.07 Å². The van der Waals surface area contributed by atoms with Gasteiger partial charge in [0, 0.05) is 12.3 Å². The molecule has 2 rings (SSSR count). The number of hydrogen-bond donors (Lipinski definition) is 3. The predicted octanol–water partition coefficient (Wildman–Crippen LogP) is 2.04. The Balaban J connectivity index is 2.07. The molecule has 0 bridgehead atoms. The summed E-state index contributed by atoms with van der Waals surface area (Å²) in [6.07, 6.45) is -0.499. The lowest BCUT2D eigenvalue weighted by molar-refractivity contribution is -0.128. The molecule has 2 aromatic rings. The lowest BCUT2D eigenvalue weighted by Gasteiger charge is -2.22. The number of nitrogens with zero attached hydrogens (tertiary/aromatic N) is 1. The zero-order valence-electron chi connectivity index (χ0n) is 17.3. The van der Waals surface area contributed by atoms with E-state index in [9.17, 15) is 14.4 Å². The second-order valence-electron chi connectivity index (χ2n) is 7.18. The highest BCUT2D eigenvalue weighted by Crippen LogP contribution is 2.08. The number of carbonyl (C=O) groups excluding carboxylic acids is 3. The molecule has 3 atom stereocenters. The monoisotopic (exact) mass is 422 g/mol. The van der Waals surface area contributed by atoms with E-state index in [1.165, 1.54) is 0 Å². The van der Waals surface area contributed by atoms with Gasteiger partial charge in [-0.1, -0.05) is 60.7 Å². The molecule has 0 aromatic heterocycles. The molecule has 0 aliphatic carbocycles. The lowest BCUT2D eigenvalue weighted by atomic mass is 10.0. The number of amides is 3. The Morgan fingerprint density at radius 1 is 0.968 bits per heavy atom. The molecule has 3 amide bonds. The molecule has 0 aliphatic heterocycles. The first-order valence-corrected chi connectivity index (χ1v) is 9.89. The summed E-state index contributed by atoms with van der Waals surface area (Å²) in [7, 11) is 0. The SMILES string of the molecule is C[C@@H](C#N)C[C@H](NC(=O)[C@H](Cc1ccccc1)NC(=O)OCc1ccccc1)C(N)=O. The summed E-state index contributed by atoms with van der Waals surface area (Å²) < 4.78 is 5.22. The number of alkyl carbamates (subject to hydrolysis) is 1. The molecule has 2 aromatic carbocycles. The van der Waals surface area contributed by atoms with E-state index < -0.39 is 35.9 Å². The predicted molar refractivity (Wildman–Crippen MR) is 114 cm³/mol. The number of primary amides is 1. The van der Waals surface area contributed by atoms with Crippen molar-refractivity contribution in [3.05, 3.63) is 71.8 Å². The summed E-state index contributed by atoms with van der Waals surface area (Å²) in [6.45, 7) is 1.68. The maximum absolute atomic E-state index is 12.9. The van der Waals surface area contributed by atoms with E-state index in [4.69, 9.17) is 15.7 Å². The number of rotatable bonds is 10. The van der Waals surface area contributed by atoms with Gasteiger partial charge in [0.1, 0.15) is 18.7 Å². The van der Waals surface area contributed by atoms with Crippen molar-refractivity contribution in [1.82, 2.24) is 10.6 Å². The van der Waals surface area contributed by atoms with Crippen molar-refractivity contribution < 1.29 is 19.1 Å². The van der Waals surface area contributed by atoms with Crippen molar-refractivity contribution in [2.45, 2.75) is 38.5 Å². The normalized spacial score (nSPS) is 13.2.